The molecule has 90 valence electrons. The Bertz CT molecular complexity index is 334. The number of primary amides is 1. The van der Waals surface area contributed by atoms with Gasteiger partial charge >= 0.3 is 0 Å². The van der Waals surface area contributed by atoms with Crippen LogP contribution in [0.5, 0.6) is 0 Å². The molecule has 0 bridgehead atoms. The molecule has 1 aromatic rings. The molecule has 1 unspecified atom stereocenters. The average Bonchev–Trinajstić information content (AvgIpc) is 2.64. The van der Waals surface area contributed by atoms with Crippen LogP contribution in [0.15, 0.2) is 12.4 Å². The first-order chi connectivity index (χ1) is 7.65. The van der Waals surface area contributed by atoms with Gasteiger partial charge in [-0.2, -0.15) is 0 Å². The maximum absolute atomic E-state index is 11.2. The Hall–Kier alpha value is -1.36. The highest BCUT2D eigenvalue weighted by Crippen LogP contribution is 2.00. The van der Waals surface area contributed by atoms with Crippen LogP contribution in [0, 0.1) is 6.92 Å². The van der Waals surface area contributed by atoms with Gasteiger partial charge in [0.15, 0.2) is 0 Å². The van der Waals surface area contributed by atoms with E-state index in [2.05, 4.69) is 17.2 Å². The predicted octanol–water partition coefficient (Wildman–Crippen LogP) is 0.435. The zero-order chi connectivity index (χ0) is 12.0. The van der Waals surface area contributed by atoms with Gasteiger partial charge in [0.1, 0.15) is 5.82 Å². The number of amides is 1. The molecule has 0 fully saturated rings. The first kappa shape index (κ1) is 12.7. The third-order valence-corrected chi connectivity index (χ3v) is 2.57. The highest BCUT2D eigenvalue weighted by Gasteiger charge is 2.13. The van der Waals surface area contributed by atoms with Gasteiger partial charge in [0.25, 0.3) is 0 Å². The van der Waals surface area contributed by atoms with E-state index in [1.807, 2.05) is 17.7 Å². The molecule has 0 aliphatic rings. The number of hydrogen-bond donors (Lipinski definition) is 2. The number of nitrogens with one attached hydrogen (secondary N) is 1. The number of rotatable bonds is 7. The maximum atomic E-state index is 11.2. The minimum Gasteiger partial charge on any atom is -0.368 e. The lowest BCUT2D eigenvalue weighted by molar-refractivity contribution is -0.120. The molecule has 16 heavy (non-hydrogen) atoms. The lowest BCUT2D eigenvalue weighted by Crippen LogP contribution is -2.42. The second-order valence-electron chi connectivity index (χ2n) is 3.87. The van der Waals surface area contributed by atoms with Crippen molar-refractivity contribution < 1.29 is 4.79 Å². The molecular weight excluding hydrogens is 204 g/mol. The number of imidazole rings is 1. The average molecular weight is 224 g/mol. The molecule has 1 atom stereocenters. The topological polar surface area (TPSA) is 72.9 Å². The predicted molar refractivity (Wildman–Crippen MR) is 62.9 cm³/mol. The van der Waals surface area contributed by atoms with E-state index in [4.69, 9.17) is 5.73 Å². The Balaban J connectivity index is 2.44. The van der Waals surface area contributed by atoms with Crippen molar-refractivity contribution in [2.45, 2.75) is 39.3 Å². The Morgan fingerprint density at radius 3 is 2.94 bits per heavy atom. The van der Waals surface area contributed by atoms with Crippen molar-refractivity contribution in [2.75, 3.05) is 6.54 Å². The van der Waals surface area contributed by atoms with Gasteiger partial charge in [0.2, 0.25) is 5.91 Å². The number of nitrogens with zero attached hydrogens (tertiary/aromatic N) is 2. The first-order valence-electron chi connectivity index (χ1n) is 5.65. The van der Waals surface area contributed by atoms with Crippen LogP contribution < -0.4 is 11.1 Å². The number of carbonyl (C=O) groups excluding carboxylic acids is 1. The largest absolute Gasteiger partial charge is 0.368 e. The van der Waals surface area contributed by atoms with Crippen molar-refractivity contribution in [3.63, 3.8) is 0 Å². The van der Waals surface area contributed by atoms with E-state index < -0.39 is 0 Å². The number of aryl methyl sites for hydroxylation is 2. The maximum Gasteiger partial charge on any atom is 0.234 e. The van der Waals surface area contributed by atoms with Crippen molar-refractivity contribution in [3.8, 4) is 0 Å². The molecule has 0 aliphatic heterocycles. The molecule has 0 spiro atoms. The summed E-state index contributed by atoms with van der Waals surface area (Å²) >= 11 is 0. The quantitative estimate of drug-likeness (QED) is 0.705. The first-order valence-corrected chi connectivity index (χ1v) is 5.65. The monoisotopic (exact) mass is 224 g/mol. The smallest absolute Gasteiger partial charge is 0.234 e. The summed E-state index contributed by atoms with van der Waals surface area (Å²) in [6, 6.07) is -0.248. The number of carbonyl (C=O) groups is 1. The van der Waals surface area contributed by atoms with Crippen LogP contribution in [-0.2, 0) is 11.3 Å². The second kappa shape index (κ2) is 6.27. The third kappa shape index (κ3) is 3.66. The van der Waals surface area contributed by atoms with Crippen LogP contribution in [0.1, 0.15) is 25.6 Å². The number of nitrogens with two attached hydrogens (primary N) is 1. The third-order valence-electron chi connectivity index (χ3n) is 2.57. The molecular formula is C11H20N4O. The summed E-state index contributed by atoms with van der Waals surface area (Å²) in [6.07, 6.45) is 5.36. The number of aromatic nitrogens is 2. The molecule has 0 aromatic carbocycles. The fourth-order valence-electron chi connectivity index (χ4n) is 1.57. The van der Waals surface area contributed by atoms with Gasteiger partial charge in [-0.05, 0) is 26.3 Å². The van der Waals surface area contributed by atoms with Crippen molar-refractivity contribution in [1.82, 2.24) is 14.9 Å². The zero-order valence-electron chi connectivity index (χ0n) is 9.94. The summed E-state index contributed by atoms with van der Waals surface area (Å²) in [4.78, 5) is 15.3. The zero-order valence-corrected chi connectivity index (χ0v) is 9.94. The van der Waals surface area contributed by atoms with Crippen molar-refractivity contribution in [2.24, 2.45) is 5.73 Å². The lowest BCUT2D eigenvalue weighted by Gasteiger charge is -2.15. The summed E-state index contributed by atoms with van der Waals surface area (Å²) in [5.74, 6) is 0.671. The molecule has 5 heteroatoms. The summed E-state index contributed by atoms with van der Waals surface area (Å²) in [5, 5.41) is 3.14. The molecule has 1 rings (SSSR count). The summed E-state index contributed by atoms with van der Waals surface area (Å²) < 4.78 is 2.02. The summed E-state index contributed by atoms with van der Waals surface area (Å²) in [6.45, 7) is 5.58. The Morgan fingerprint density at radius 2 is 2.44 bits per heavy atom. The molecule has 0 radical (unpaired) electrons. The number of hydrogen-bond acceptors (Lipinski definition) is 3. The Kier molecular flexibility index (Phi) is 4.98. The van der Waals surface area contributed by atoms with E-state index in [0.717, 1.165) is 25.3 Å². The van der Waals surface area contributed by atoms with Crippen molar-refractivity contribution in [1.29, 1.82) is 0 Å². The van der Waals surface area contributed by atoms with Crippen LogP contribution >= 0.6 is 0 Å². The second-order valence-corrected chi connectivity index (χ2v) is 3.87. The Labute approximate surface area is 96.0 Å². The van der Waals surface area contributed by atoms with Gasteiger partial charge in [-0.15, -0.1) is 0 Å². The lowest BCUT2D eigenvalue weighted by atomic mass is 10.2. The molecule has 0 aliphatic carbocycles. The molecule has 5 nitrogen and oxygen atoms in total. The van der Waals surface area contributed by atoms with E-state index in [1.54, 1.807) is 6.20 Å². The minimum absolute atomic E-state index is 0.248. The summed E-state index contributed by atoms with van der Waals surface area (Å²) in [5.41, 5.74) is 5.33. The van der Waals surface area contributed by atoms with E-state index in [-0.39, 0.29) is 11.9 Å². The molecule has 1 amide bonds. The van der Waals surface area contributed by atoms with E-state index in [9.17, 15) is 4.79 Å². The molecule has 3 N–H and O–H groups in total. The Morgan fingerprint density at radius 1 is 1.69 bits per heavy atom. The van der Waals surface area contributed by atoms with Crippen LogP contribution in [-0.4, -0.2) is 28.0 Å². The van der Waals surface area contributed by atoms with Gasteiger partial charge < -0.3 is 15.6 Å². The van der Waals surface area contributed by atoms with Crippen LogP contribution in [0.4, 0.5) is 0 Å². The van der Waals surface area contributed by atoms with Crippen LogP contribution in [0.2, 0.25) is 0 Å². The van der Waals surface area contributed by atoms with Gasteiger partial charge in [0, 0.05) is 18.9 Å². The van der Waals surface area contributed by atoms with E-state index in [1.165, 1.54) is 0 Å². The fraction of sp³-hybridized carbons (Fsp3) is 0.636. The highest BCUT2D eigenvalue weighted by molar-refractivity contribution is 5.79. The van der Waals surface area contributed by atoms with Gasteiger partial charge in [-0.3, -0.25) is 4.79 Å². The minimum atomic E-state index is -0.286. The van der Waals surface area contributed by atoms with E-state index >= 15 is 0 Å². The van der Waals surface area contributed by atoms with E-state index in [0.29, 0.717) is 6.42 Å². The summed E-state index contributed by atoms with van der Waals surface area (Å²) in [7, 11) is 0. The van der Waals surface area contributed by atoms with Gasteiger partial charge in [0.05, 0.1) is 6.04 Å². The van der Waals surface area contributed by atoms with Crippen molar-refractivity contribution in [3.05, 3.63) is 18.2 Å². The SMILES string of the molecule is CCCNC(CCn1ccnc1C)C(N)=O. The van der Waals surface area contributed by atoms with Crippen LogP contribution in [0.3, 0.4) is 0 Å². The molecule has 0 saturated carbocycles. The van der Waals surface area contributed by atoms with Gasteiger partial charge in [-0.25, -0.2) is 4.98 Å². The molecule has 1 heterocycles. The highest BCUT2D eigenvalue weighted by atomic mass is 16.1. The van der Waals surface area contributed by atoms with Gasteiger partial charge in [-0.1, -0.05) is 6.92 Å². The molecule has 1 aromatic heterocycles. The van der Waals surface area contributed by atoms with Crippen LogP contribution in [0.25, 0.3) is 0 Å². The normalized spacial score (nSPS) is 12.6. The van der Waals surface area contributed by atoms with Crippen molar-refractivity contribution >= 4 is 5.91 Å². The molecule has 0 saturated heterocycles. The standard InChI is InChI=1S/C11H20N4O/c1-3-5-14-10(11(12)16)4-7-15-8-6-13-9(15)2/h6,8,10,14H,3-5,7H2,1-2H3,(H2,12,16). The fourth-order valence-corrected chi connectivity index (χ4v) is 1.57.